The number of nitrogens with zero attached hydrogens (tertiary/aromatic N) is 5. The molecule has 3 amide bonds. The fraction of sp³-hybridized carbons (Fsp3) is 0.316. The van der Waals surface area contributed by atoms with E-state index >= 15 is 0 Å². The maximum Gasteiger partial charge on any atom is 0.461 e. The van der Waals surface area contributed by atoms with Gasteiger partial charge in [0.2, 0.25) is 5.13 Å². The predicted octanol–water partition coefficient (Wildman–Crippen LogP) is 4.85. The first-order chi connectivity index (χ1) is 16.8. The Kier molecular flexibility index (Phi) is 8.26. The number of aromatic nitrogens is 4. The summed E-state index contributed by atoms with van der Waals surface area (Å²) in [5, 5.41) is 8.61. The fourth-order valence-electron chi connectivity index (χ4n) is 2.69. The minimum Gasteiger partial charge on any atom is -0.427 e. The lowest BCUT2D eigenvalue weighted by Gasteiger charge is -2.19. The zero-order valence-corrected chi connectivity index (χ0v) is 20.9. The summed E-state index contributed by atoms with van der Waals surface area (Å²) in [5.41, 5.74) is -0.237. The Morgan fingerprint density at radius 2 is 1.89 bits per heavy atom. The molecule has 0 bridgehead atoms. The Bertz CT molecular complexity index is 1270. The van der Waals surface area contributed by atoms with Gasteiger partial charge in [0.15, 0.2) is 5.82 Å². The standard InChI is InChI=1S/C19H17Cl2F4N7O3S/c1-8(14-27-7-28-32(14)18-26-6-13(36-18)15(33)31(2)3)29-17(34)30-11-5-12(10(21)4-9(11)20)35-19(24,25)16(22)23/h4-8,16H,1-3H3,(H2,29,30,34). The number of hydrogen-bond acceptors (Lipinski definition) is 7. The van der Waals surface area contributed by atoms with Crippen LogP contribution in [0.1, 0.15) is 28.5 Å². The van der Waals surface area contributed by atoms with Gasteiger partial charge in [-0.05, 0) is 13.0 Å². The van der Waals surface area contributed by atoms with Crippen LogP contribution in [0.4, 0.5) is 28.0 Å². The molecule has 10 nitrogen and oxygen atoms in total. The van der Waals surface area contributed by atoms with Crippen molar-refractivity contribution < 1.29 is 31.9 Å². The Balaban J connectivity index is 1.74. The highest BCUT2D eigenvalue weighted by Crippen LogP contribution is 2.38. The average Bonchev–Trinajstić information content (AvgIpc) is 3.45. The van der Waals surface area contributed by atoms with Gasteiger partial charge in [0.1, 0.15) is 17.0 Å². The van der Waals surface area contributed by atoms with Gasteiger partial charge in [-0.1, -0.05) is 34.5 Å². The first kappa shape index (κ1) is 27.4. The molecule has 3 aromatic rings. The zero-order chi connectivity index (χ0) is 26.8. The van der Waals surface area contributed by atoms with Crippen molar-refractivity contribution in [2.24, 2.45) is 0 Å². The quantitative estimate of drug-likeness (QED) is 0.375. The highest BCUT2D eigenvalue weighted by Gasteiger charge is 2.44. The van der Waals surface area contributed by atoms with Crippen LogP contribution >= 0.6 is 34.5 Å². The van der Waals surface area contributed by atoms with Crippen LogP contribution in [0.2, 0.25) is 10.0 Å². The fourth-order valence-corrected chi connectivity index (χ4v) is 4.06. The topological polar surface area (TPSA) is 114 Å². The van der Waals surface area contributed by atoms with E-state index in [2.05, 4.69) is 30.4 Å². The lowest BCUT2D eigenvalue weighted by Crippen LogP contribution is -2.34. The van der Waals surface area contributed by atoms with Gasteiger partial charge < -0.3 is 20.3 Å². The summed E-state index contributed by atoms with van der Waals surface area (Å²) in [6.45, 7) is 1.57. The van der Waals surface area contributed by atoms with E-state index in [0.29, 0.717) is 10.0 Å². The number of amides is 3. The molecule has 0 radical (unpaired) electrons. The number of ether oxygens (including phenoxy) is 1. The van der Waals surface area contributed by atoms with Crippen molar-refractivity contribution in [3.63, 3.8) is 0 Å². The molecule has 3 rings (SSSR count). The molecule has 1 aromatic carbocycles. The smallest absolute Gasteiger partial charge is 0.427 e. The monoisotopic (exact) mass is 569 g/mol. The van der Waals surface area contributed by atoms with Crippen LogP contribution in [0.15, 0.2) is 24.7 Å². The molecule has 0 saturated heterocycles. The van der Waals surface area contributed by atoms with Crippen molar-refractivity contribution in [1.29, 1.82) is 0 Å². The van der Waals surface area contributed by atoms with Crippen LogP contribution in [-0.2, 0) is 0 Å². The summed E-state index contributed by atoms with van der Waals surface area (Å²) in [6.07, 6.45) is -6.32. The van der Waals surface area contributed by atoms with E-state index in [1.165, 1.54) is 22.1 Å². The summed E-state index contributed by atoms with van der Waals surface area (Å²) < 4.78 is 56.9. The third kappa shape index (κ3) is 6.14. The van der Waals surface area contributed by atoms with Crippen molar-refractivity contribution in [2.75, 3.05) is 19.4 Å². The third-order valence-electron chi connectivity index (χ3n) is 4.37. The van der Waals surface area contributed by atoms with Crippen LogP contribution < -0.4 is 15.4 Å². The van der Waals surface area contributed by atoms with Gasteiger partial charge in [0, 0.05) is 20.2 Å². The maximum absolute atomic E-state index is 13.3. The first-order valence-electron chi connectivity index (χ1n) is 9.79. The second kappa shape index (κ2) is 10.8. The Hall–Kier alpha value is -3.17. The van der Waals surface area contributed by atoms with Gasteiger partial charge in [-0.2, -0.15) is 27.3 Å². The molecule has 17 heteroatoms. The number of carbonyl (C=O) groups is 2. The normalized spacial score (nSPS) is 12.4. The Labute approximate surface area is 215 Å². The molecule has 1 atom stereocenters. The molecule has 2 heterocycles. The lowest BCUT2D eigenvalue weighted by molar-refractivity contribution is -0.253. The number of alkyl halides is 4. The molecule has 2 aromatic heterocycles. The average molecular weight is 570 g/mol. The molecule has 194 valence electrons. The molecule has 0 aliphatic rings. The molecule has 0 aliphatic carbocycles. The first-order valence-corrected chi connectivity index (χ1v) is 11.4. The number of nitrogens with one attached hydrogen (secondary N) is 2. The summed E-state index contributed by atoms with van der Waals surface area (Å²) in [6, 6.07) is 0.113. The van der Waals surface area contributed by atoms with E-state index in [9.17, 15) is 27.2 Å². The highest BCUT2D eigenvalue weighted by atomic mass is 35.5. The van der Waals surface area contributed by atoms with E-state index < -0.39 is 35.4 Å². The van der Waals surface area contributed by atoms with E-state index in [4.69, 9.17) is 23.2 Å². The van der Waals surface area contributed by atoms with Crippen molar-refractivity contribution in [3.05, 3.63) is 45.4 Å². The van der Waals surface area contributed by atoms with Gasteiger partial charge in [-0.15, -0.1) is 0 Å². The largest absolute Gasteiger partial charge is 0.461 e. The van der Waals surface area contributed by atoms with Gasteiger partial charge in [-0.25, -0.2) is 14.8 Å². The molecule has 0 fully saturated rings. The summed E-state index contributed by atoms with van der Waals surface area (Å²) in [5.74, 6) is -0.812. The van der Waals surface area contributed by atoms with Gasteiger partial charge in [-0.3, -0.25) is 4.79 Å². The number of thiazole rings is 1. The minimum absolute atomic E-state index is 0.167. The van der Waals surface area contributed by atoms with E-state index in [0.717, 1.165) is 23.5 Å². The molecule has 0 saturated carbocycles. The molecular weight excluding hydrogens is 553 g/mol. The summed E-state index contributed by atoms with van der Waals surface area (Å²) in [7, 11) is 3.19. The van der Waals surface area contributed by atoms with Crippen LogP contribution in [0.3, 0.4) is 0 Å². The predicted molar refractivity (Wildman–Crippen MR) is 124 cm³/mol. The van der Waals surface area contributed by atoms with Crippen LogP contribution in [0.5, 0.6) is 5.75 Å². The van der Waals surface area contributed by atoms with E-state index in [1.54, 1.807) is 21.0 Å². The molecular formula is C19H17Cl2F4N7O3S. The number of hydrogen-bond donors (Lipinski definition) is 2. The number of urea groups is 1. The van der Waals surface area contributed by atoms with Crippen LogP contribution in [-0.4, -0.2) is 63.2 Å². The number of benzene rings is 1. The second-order valence-corrected chi connectivity index (χ2v) is 9.11. The minimum atomic E-state index is -4.82. The number of rotatable bonds is 8. The maximum atomic E-state index is 13.3. The van der Waals surface area contributed by atoms with Crippen molar-refractivity contribution in [3.8, 4) is 10.9 Å². The molecule has 36 heavy (non-hydrogen) atoms. The number of carbonyl (C=O) groups excluding carboxylic acids is 2. The molecule has 0 spiro atoms. The van der Waals surface area contributed by atoms with Crippen molar-refractivity contribution in [1.82, 2.24) is 30.0 Å². The van der Waals surface area contributed by atoms with Crippen LogP contribution in [0.25, 0.3) is 5.13 Å². The number of anilines is 1. The van der Waals surface area contributed by atoms with Crippen molar-refractivity contribution in [2.45, 2.75) is 25.5 Å². The molecule has 2 N–H and O–H groups in total. The van der Waals surface area contributed by atoms with Crippen molar-refractivity contribution >= 4 is 52.2 Å². The summed E-state index contributed by atoms with van der Waals surface area (Å²) >= 11 is 12.8. The molecule has 1 unspecified atom stereocenters. The van der Waals surface area contributed by atoms with E-state index in [-0.39, 0.29) is 22.4 Å². The zero-order valence-electron chi connectivity index (χ0n) is 18.6. The van der Waals surface area contributed by atoms with Gasteiger partial charge >= 0.3 is 18.6 Å². The third-order valence-corrected chi connectivity index (χ3v) is 5.94. The Morgan fingerprint density at radius 1 is 1.19 bits per heavy atom. The summed E-state index contributed by atoms with van der Waals surface area (Å²) in [4.78, 5) is 34.7. The second-order valence-electron chi connectivity index (χ2n) is 7.28. The lowest BCUT2D eigenvalue weighted by atomic mass is 10.3. The SMILES string of the molecule is CC(NC(=O)Nc1cc(OC(F)(F)C(F)F)c(Cl)cc1Cl)c1ncnn1-c1ncc(C(=O)N(C)C)s1. The van der Waals surface area contributed by atoms with Gasteiger partial charge in [0.25, 0.3) is 5.91 Å². The van der Waals surface area contributed by atoms with Gasteiger partial charge in [0.05, 0.1) is 28.0 Å². The van der Waals surface area contributed by atoms with Crippen LogP contribution in [0, 0.1) is 0 Å². The number of halogens is 6. The van der Waals surface area contributed by atoms with E-state index in [1.807, 2.05) is 0 Å². The molecule has 0 aliphatic heterocycles. The highest BCUT2D eigenvalue weighted by molar-refractivity contribution is 7.16. The Morgan fingerprint density at radius 3 is 2.53 bits per heavy atom.